The van der Waals surface area contributed by atoms with Crippen molar-refractivity contribution in [3.63, 3.8) is 0 Å². The minimum Gasteiger partial charge on any atom is -0.484 e. The predicted molar refractivity (Wildman–Crippen MR) is 78.4 cm³/mol. The van der Waals surface area contributed by atoms with Gasteiger partial charge in [-0.05, 0) is 24.3 Å². The van der Waals surface area contributed by atoms with E-state index in [0.717, 1.165) is 5.56 Å². The van der Waals surface area contributed by atoms with E-state index in [4.69, 9.17) is 28.4 Å². The summed E-state index contributed by atoms with van der Waals surface area (Å²) >= 11 is 4.82. The average Bonchev–Trinajstić information content (AvgIpc) is 2.41. The van der Waals surface area contributed by atoms with E-state index < -0.39 is 6.03 Å². The normalized spacial score (nSPS) is 9.60. The fourth-order valence-corrected chi connectivity index (χ4v) is 1.44. The summed E-state index contributed by atoms with van der Waals surface area (Å²) in [6, 6.07) is 6.15. The number of nitrogens with one attached hydrogen (secondary N) is 2. The molecule has 1 rings (SSSR count). The number of thiocarbonyl (C=S) groups is 1. The van der Waals surface area contributed by atoms with Crippen molar-refractivity contribution in [3.8, 4) is 5.75 Å². The van der Waals surface area contributed by atoms with Gasteiger partial charge in [-0.15, -0.1) is 0 Å². The van der Waals surface area contributed by atoms with Gasteiger partial charge in [0, 0.05) is 18.7 Å². The fraction of sp³-hybridized carbons (Fsp3) is 0.250. The lowest BCUT2D eigenvalue weighted by molar-refractivity contribution is -0.123. The number of ether oxygens (including phenoxy) is 1. The number of hydrogen-bond donors (Lipinski definition) is 4. The highest BCUT2D eigenvalue weighted by atomic mass is 32.1. The number of hydrogen-bond acceptors (Lipinski definition) is 4. The Hall–Kier alpha value is -2.35. The first-order chi connectivity index (χ1) is 9.49. The highest BCUT2D eigenvalue weighted by molar-refractivity contribution is 7.80. The Morgan fingerprint density at radius 2 is 1.70 bits per heavy atom. The monoisotopic (exact) mass is 296 g/mol. The molecule has 1 aromatic rings. The Morgan fingerprint density at radius 1 is 1.10 bits per heavy atom. The topological polar surface area (TPSA) is 119 Å². The Balaban J connectivity index is 2.26. The second-order valence-electron chi connectivity index (χ2n) is 3.82. The largest absolute Gasteiger partial charge is 0.484 e. The molecule has 6 N–H and O–H groups in total. The molecule has 0 saturated heterocycles. The molecule has 7 nitrogen and oxygen atoms in total. The Kier molecular flexibility index (Phi) is 6.24. The van der Waals surface area contributed by atoms with Crippen LogP contribution in [0.25, 0.3) is 0 Å². The summed E-state index contributed by atoms with van der Waals surface area (Å²) in [5.41, 5.74) is 11.1. The number of primary amides is 1. The van der Waals surface area contributed by atoms with E-state index in [1.807, 2.05) is 0 Å². The van der Waals surface area contributed by atoms with Gasteiger partial charge in [0.1, 0.15) is 10.7 Å². The maximum atomic E-state index is 11.4. The molecule has 0 aliphatic rings. The van der Waals surface area contributed by atoms with Crippen LogP contribution in [-0.4, -0.2) is 36.6 Å². The third kappa shape index (κ3) is 6.01. The summed E-state index contributed by atoms with van der Waals surface area (Å²) < 4.78 is 5.27. The molecule has 0 bridgehead atoms. The lowest BCUT2D eigenvalue weighted by Crippen LogP contribution is -2.38. The quantitative estimate of drug-likeness (QED) is 0.399. The molecule has 0 spiro atoms. The molecule has 108 valence electrons. The number of amides is 3. The van der Waals surface area contributed by atoms with E-state index in [1.54, 1.807) is 24.3 Å². The summed E-state index contributed by atoms with van der Waals surface area (Å²) in [4.78, 5) is 22.1. The van der Waals surface area contributed by atoms with Crippen LogP contribution in [0.1, 0.15) is 5.56 Å². The van der Waals surface area contributed by atoms with Crippen LogP contribution in [0.5, 0.6) is 5.75 Å². The molecule has 8 heteroatoms. The van der Waals surface area contributed by atoms with E-state index in [0.29, 0.717) is 10.7 Å². The maximum Gasteiger partial charge on any atom is 0.312 e. The van der Waals surface area contributed by atoms with Gasteiger partial charge in [-0.25, -0.2) is 4.79 Å². The fourth-order valence-electron chi connectivity index (χ4n) is 1.30. The number of rotatable bonds is 7. The van der Waals surface area contributed by atoms with Crippen LogP contribution in [0.4, 0.5) is 4.79 Å². The Labute approximate surface area is 121 Å². The van der Waals surface area contributed by atoms with Gasteiger partial charge in [0.25, 0.3) is 5.91 Å². The molecule has 0 aliphatic heterocycles. The first-order valence-electron chi connectivity index (χ1n) is 5.81. The maximum absolute atomic E-state index is 11.4. The van der Waals surface area contributed by atoms with Crippen molar-refractivity contribution >= 4 is 29.1 Å². The van der Waals surface area contributed by atoms with Crippen molar-refractivity contribution in [1.29, 1.82) is 0 Å². The van der Waals surface area contributed by atoms with Crippen molar-refractivity contribution < 1.29 is 14.3 Å². The number of urea groups is 1. The van der Waals surface area contributed by atoms with Crippen molar-refractivity contribution in [1.82, 2.24) is 10.6 Å². The van der Waals surface area contributed by atoms with E-state index >= 15 is 0 Å². The van der Waals surface area contributed by atoms with E-state index in [1.165, 1.54) is 0 Å². The van der Waals surface area contributed by atoms with E-state index in [-0.39, 0.29) is 25.6 Å². The standard InChI is InChI=1S/C12H16N4O3S/c13-11(20)8-1-3-9(4-2-8)19-7-10(17)15-5-6-16-12(14)18/h1-4H,5-7H2,(H2,13,20)(H,15,17)(H3,14,16,18). The van der Waals surface area contributed by atoms with E-state index in [9.17, 15) is 9.59 Å². The van der Waals surface area contributed by atoms with Crippen molar-refractivity contribution in [3.05, 3.63) is 29.8 Å². The zero-order chi connectivity index (χ0) is 15.0. The molecule has 0 fully saturated rings. The Bertz CT molecular complexity index is 490. The van der Waals surface area contributed by atoms with Gasteiger partial charge in [-0.3, -0.25) is 4.79 Å². The predicted octanol–water partition coefficient (Wildman–Crippen LogP) is -0.516. The van der Waals surface area contributed by atoms with Gasteiger partial charge in [0.15, 0.2) is 6.61 Å². The minimum atomic E-state index is -0.631. The second kappa shape index (κ2) is 7.95. The highest BCUT2D eigenvalue weighted by Crippen LogP contribution is 2.11. The second-order valence-corrected chi connectivity index (χ2v) is 4.26. The third-order valence-corrected chi connectivity index (χ3v) is 2.49. The highest BCUT2D eigenvalue weighted by Gasteiger charge is 2.03. The molecular weight excluding hydrogens is 280 g/mol. The van der Waals surface area contributed by atoms with Crippen molar-refractivity contribution in [2.45, 2.75) is 0 Å². The van der Waals surface area contributed by atoms with Gasteiger partial charge >= 0.3 is 6.03 Å². The molecular formula is C12H16N4O3S. The van der Waals surface area contributed by atoms with Crippen LogP contribution in [0.3, 0.4) is 0 Å². The first kappa shape index (κ1) is 15.7. The van der Waals surface area contributed by atoms with Gasteiger partial charge in [-0.1, -0.05) is 12.2 Å². The van der Waals surface area contributed by atoms with Crippen LogP contribution >= 0.6 is 12.2 Å². The molecule has 0 heterocycles. The molecule has 0 radical (unpaired) electrons. The zero-order valence-corrected chi connectivity index (χ0v) is 11.5. The van der Waals surface area contributed by atoms with Crippen molar-refractivity contribution in [2.24, 2.45) is 11.5 Å². The smallest absolute Gasteiger partial charge is 0.312 e. The minimum absolute atomic E-state index is 0.122. The number of nitrogens with two attached hydrogens (primary N) is 2. The molecule has 3 amide bonds. The molecule has 0 unspecified atom stereocenters. The van der Waals surface area contributed by atoms with E-state index in [2.05, 4.69) is 10.6 Å². The summed E-state index contributed by atoms with van der Waals surface area (Å²) in [5, 5.41) is 4.91. The van der Waals surface area contributed by atoms with Crippen molar-refractivity contribution in [2.75, 3.05) is 19.7 Å². The third-order valence-electron chi connectivity index (χ3n) is 2.26. The molecule has 1 aromatic carbocycles. The average molecular weight is 296 g/mol. The number of carbonyl (C=O) groups is 2. The van der Waals surface area contributed by atoms with Gasteiger partial charge in [0.05, 0.1) is 0 Å². The Morgan fingerprint density at radius 3 is 2.25 bits per heavy atom. The van der Waals surface area contributed by atoms with Gasteiger partial charge in [0.2, 0.25) is 0 Å². The van der Waals surface area contributed by atoms with Gasteiger partial charge in [-0.2, -0.15) is 0 Å². The zero-order valence-electron chi connectivity index (χ0n) is 10.7. The van der Waals surface area contributed by atoms with Crippen LogP contribution in [-0.2, 0) is 4.79 Å². The molecule has 0 aliphatic carbocycles. The van der Waals surface area contributed by atoms with Crippen LogP contribution in [0.2, 0.25) is 0 Å². The van der Waals surface area contributed by atoms with Crippen LogP contribution in [0, 0.1) is 0 Å². The lowest BCUT2D eigenvalue weighted by Gasteiger charge is -2.08. The van der Waals surface area contributed by atoms with Gasteiger partial charge < -0.3 is 26.8 Å². The summed E-state index contributed by atoms with van der Waals surface area (Å²) in [7, 11) is 0. The summed E-state index contributed by atoms with van der Waals surface area (Å²) in [6.45, 7) is 0.429. The summed E-state index contributed by atoms with van der Waals surface area (Å²) in [5.74, 6) is 0.241. The lowest BCUT2D eigenvalue weighted by atomic mass is 10.2. The molecule has 0 aromatic heterocycles. The summed E-state index contributed by atoms with van der Waals surface area (Å²) in [6.07, 6.45) is 0. The van der Waals surface area contributed by atoms with Crippen LogP contribution in [0.15, 0.2) is 24.3 Å². The number of benzene rings is 1. The number of carbonyl (C=O) groups excluding carboxylic acids is 2. The molecule has 0 saturated carbocycles. The first-order valence-corrected chi connectivity index (χ1v) is 6.22. The van der Waals surface area contributed by atoms with Crippen LogP contribution < -0.4 is 26.8 Å². The molecule has 0 atom stereocenters. The SMILES string of the molecule is NC(=O)NCCNC(=O)COc1ccc(C(N)=S)cc1. The molecule has 20 heavy (non-hydrogen) atoms.